The van der Waals surface area contributed by atoms with E-state index < -0.39 is 12.5 Å². The van der Waals surface area contributed by atoms with Crippen molar-refractivity contribution in [1.82, 2.24) is 0 Å². The molecule has 1 N–H and O–H groups in total. The molecule has 1 aliphatic heterocycles. The summed E-state index contributed by atoms with van der Waals surface area (Å²) >= 11 is 6.09. The Balaban J connectivity index is 2.24. The summed E-state index contributed by atoms with van der Waals surface area (Å²) in [7, 11) is -0.512. The Morgan fingerprint density at radius 2 is 1.86 bits per heavy atom. The van der Waals surface area contributed by atoms with Gasteiger partial charge in [0, 0.05) is 40.2 Å². The molecule has 1 saturated heterocycles. The number of anilines is 1. The van der Waals surface area contributed by atoms with Gasteiger partial charge in [-0.25, -0.2) is 0 Å². The molecule has 1 fully saturated rings. The Morgan fingerprint density at radius 1 is 1.27 bits per heavy atom. The van der Waals surface area contributed by atoms with Gasteiger partial charge in [0.25, 0.3) is 0 Å². The molecule has 6 heteroatoms. The Hall–Kier alpha value is -1.04. The molecule has 1 aliphatic rings. The van der Waals surface area contributed by atoms with E-state index in [9.17, 15) is 4.79 Å². The van der Waals surface area contributed by atoms with Crippen LogP contribution in [0.5, 0.6) is 0 Å². The lowest BCUT2D eigenvalue weighted by atomic mass is 9.74. The average molecular weight is 324 g/mol. The minimum Gasteiger partial charge on any atom is -0.407 e. The second-order valence-electron chi connectivity index (χ2n) is 7.55. The normalized spacial score (nSPS) is 18.2. The second-order valence-corrected chi connectivity index (χ2v) is 7.99. The van der Waals surface area contributed by atoms with Gasteiger partial charge < -0.3 is 14.6 Å². The molecule has 1 amide bonds. The molecule has 1 aromatic rings. The second kappa shape index (κ2) is 6.22. The van der Waals surface area contributed by atoms with Crippen LogP contribution in [-0.4, -0.2) is 26.2 Å². The Kier molecular flexibility index (Phi) is 4.90. The van der Waals surface area contributed by atoms with Crippen molar-refractivity contribution in [1.29, 1.82) is 0 Å². The molecule has 0 atom stereocenters. The van der Waals surface area contributed by atoms with Gasteiger partial charge in [-0.3, -0.25) is 4.79 Å². The topological polar surface area (TPSA) is 47.6 Å². The van der Waals surface area contributed by atoms with Gasteiger partial charge in [0.15, 0.2) is 0 Å². The van der Waals surface area contributed by atoms with Crippen LogP contribution in [0.15, 0.2) is 18.2 Å². The molecule has 4 nitrogen and oxygen atoms in total. The highest BCUT2D eigenvalue weighted by molar-refractivity contribution is 6.63. The number of hydrogen-bond acceptors (Lipinski definition) is 3. The number of carbonyl (C=O) groups is 1. The molecule has 0 bridgehead atoms. The Bertz CT molecular complexity index is 559. The first kappa shape index (κ1) is 17.3. The summed E-state index contributed by atoms with van der Waals surface area (Å²) in [5.41, 5.74) is 0.937. The lowest BCUT2D eigenvalue weighted by Crippen LogP contribution is -2.48. The van der Waals surface area contributed by atoms with Gasteiger partial charge in [0.2, 0.25) is 5.91 Å². The predicted molar refractivity (Wildman–Crippen MR) is 90.6 cm³/mol. The number of benzene rings is 1. The van der Waals surface area contributed by atoms with Crippen molar-refractivity contribution in [2.24, 2.45) is 10.8 Å². The summed E-state index contributed by atoms with van der Waals surface area (Å²) in [4.78, 5) is 12.2. The van der Waals surface area contributed by atoms with Crippen molar-refractivity contribution in [3.63, 3.8) is 0 Å². The molecular weight excluding hydrogens is 300 g/mol. The maximum atomic E-state index is 12.2. The SMILES string of the molecule is CC1(C)COB(c2cc(Cl)ccc2NC(=O)C(C)(C)C)OC1. The monoisotopic (exact) mass is 323 g/mol. The van der Waals surface area contributed by atoms with E-state index in [-0.39, 0.29) is 11.3 Å². The fourth-order valence-electron chi connectivity index (χ4n) is 2.02. The number of carbonyl (C=O) groups excluding carboxylic acids is 1. The third-order valence-electron chi connectivity index (χ3n) is 3.45. The van der Waals surface area contributed by atoms with E-state index in [2.05, 4.69) is 19.2 Å². The zero-order valence-corrected chi connectivity index (χ0v) is 14.6. The first-order valence-corrected chi connectivity index (χ1v) is 7.80. The van der Waals surface area contributed by atoms with Gasteiger partial charge in [-0.15, -0.1) is 0 Å². The molecule has 0 radical (unpaired) electrons. The average Bonchev–Trinajstić information content (AvgIpc) is 2.40. The fourth-order valence-corrected chi connectivity index (χ4v) is 2.20. The molecule has 1 heterocycles. The summed E-state index contributed by atoms with van der Waals surface area (Å²) in [5.74, 6) is -0.0628. The van der Waals surface area contributed by atoms with Gasteiger partial charge in [-0.2, -0.15) is 0 Å². The highest BCUT2D eigenvalue weighted by Gasteiger charge is 2.35. The van der Waals surface area contributed by atoms with Crippen LogP contribution in [0, 0.1) is 10.8 Å². The quantitative estimate of drug-likeness (QED) is 0.851. The standard InChI is InChI=1S/C16H23BClNO3/c1-15(2,3)14(20)19-13-7-6-11(18)8-12(13)17-21-9-16(4,5)10-22-17/h6-8H,9-10H2,1-5H3,(H,19,20). The third-order valence-corrected chi connectivity index (χ3v) is 3.68. The van der Waals surface area contributed by atoms with E-state index in [1.54, 1.807) is 18.2 Å². The summed E-state index contributed by atoms with van der Waals surface area (Å²) in [6, 6.07) is 5.31. The van der Waals surface area contributed by atoms with Crippen LogP contribution in [0.25, 0.3) is 0 Å². The number of hydrogen-bond donors (Lipinski definition) is 1. The molecule has 2 rings (SSSR count). The minimum atomic E-state index is -0.512. The maximum Gasteiger partial charge on any atom is 0.496 e. The van der Waals surface area contributed by atoms with Crippen LogP contribution in [0.2, 0.25) is 5.02 Å². The van der Waals surface area contributed by atoms with Gasteiger partial charge in [-0.1, -0.05) is 46.2 Å². The van der Waals surface area contributed by atoms with E-state index in [1.807, 2.05) is 20.8 Å². The number of nitrogens with one attached hydrogen (secondary N) is 1. The largest absolute Gasteiger partial charge is 0.496 e. The number of halogens is 1. The summed E-state index contributed by atoms with van der Waals surface area (Å²) in [5, 5.41) is 3.52. The van der Waals surface area contributed by atoms with Crippen LogP contribution >= 0.6 is 11.6 Å². The molecular formula is C16H23BClNO3. The van der Waals surface area contributed by atoms with Crippen molar-refractivity contribution in [3.8, 4) is 0 Å². The minimum absolute atomic E-state index is 0.0100. The van der Waals surface area contributed by atoms with E-state index in [0.717, 1.165) is 5.46 Å². The Labute approximate surface area is 137 Å². The van der Waals surface area contributed by atoms with Crippen molar-refractivity contribution >= 4 is 35.8 Å². The predicted octanol–water partition coefficient (Wildman–Crippen LogP) is 3.09. The van der Waals surface area contributed by atoms with E-state index in [1.165, 1.54) is 0 Å². The fraction of sp³-hybridized carbons (Fsp3) is 0.562. The zero-order valence-electron chi connectivity index (χ0n) is 13.8. The van der Waals surface area contributed by atoms with Crippen molar-refractivity contribution in [3.05, 3.63) is 23.2 Å². The number of rotatable bonds is 2. The van der Waals surface area contributed by atoms with Crippen LogP contribution < -0.4 is 10.8 Å². The molecule has 0 aliphatic carbocycles. The van der Waals surface area contributed by atoms with E-state index in [4.69, 9.17) is 20.9 Å². The maximum absolute atomic E-state index is 12.2. The van der Waals surface area contributed by atoms with E-state index in [0.29, 0.717) is 23.9 Å². The van der Waals surface area contributed by atoms with Gasteiger partial charge >= 0.3 is 7.12 Å². The summed E-state index contributed by atoms with van der Waals surface area (Å²) < 4.78 is 11.6. The van der Waals surface area contributed by atoms with Gasteiger partial charge in [-0.05, 0) is 18.2 Å². The lowest BCUT2D eigenvalue weighted by molar-refractivity contribution is -0.123. The van der Waals surface area contributed by atoms with E-state index >= 15 is 0 Å². The molecule has 0 saturated carbocycles. The lowest BCUT2D eigenvalue weighted by Gasteiger charge is -2.33. The molecule has 120 valence electrons. The third kappa shape index (κ3) is 4.25. The van der Waals surface area contributed by atoms with Gasteiger partial charge in [0.05, 0.1) is 0 Å². The molecule has 0 aromatic heterocycles. The highest BCUT2D eigenvalue weighted by Crippen LogP contribution is 2.24. The zero-order chi connectivity index (χ0) is 16.5. The smallest absolute Gasteiger partial charge is 0.407 e. The van der Waals surface area contributed by atoms with Crippen molar-refractivity contribution in [2.45, 2.75) is 34.6 Å². The number of amides is 1. The molecule has 0 spiro atoms. The van der Waals surface area contributed by atoms with Crippen molar-refractivity contribution in [2.75, 3.05) is 18.5 Å². The summed E-state index contributed by atoms with van der Waals surface area (Å²) in [6.07, 6.45) is 0. The van der Waals surface area contributed by atoms with Crippen LogP contribution in [0.3, 0.4) is 0 Å². The van der Waals surface area contributed by atoms with Crippen LogP contribution in [-0.2, 0) is 14.1 Å². The first-order chi connectivity index (χ1) is 10.1. The van der Waals surface area contributed by atoms with Crippen molar-refractivity contribution < 1.29 is 14.1 Å². The molecule has 22 heavy (non-hydrogen) atoms. The molecule has 0 unspecified atom stereocenters. The van der Waals surface area contributed by atoms with Gasteiger partial charge in [0.1, 0.15) is 0 Å². The summed E-state index contributed by atoms with van der Waals surface area (Å²) in [6.45, 7) is 11.0. The van der Waals surface area contributed by atoms with Crippen LogP contribution in [0.1, 0.15) is 34.6 Å². The Morgan fingerprint density at radius 3 is 2.41 bits per heavy atom. The highest BCUT2D eigenvalue weighted by atomic mass is 35.5. The first-order valence-electron chi connectivity index (χ1n) is 7.43. The van der Waals surface area contributed by atoms with Crippen LogP contribution in [0.4, 0.5) is 5.69 Å². The molecule has 1 aromatic carbocycles.